The number of carbonyl (C=O) groups is 1. The Morgan fingerprint density at radius 1 is 1.43 bits per heavy atom. The van der Waals surface area contributed by atoms with Gasteiger partial charge in [0.2, 0.25) is 0 Å². The zero-order valence-corrected chi connectivity index (χ0v) is 7.34. The van der Waals surface area contributed by atoms with Crippen LogP contribution >= 0.6 is 0 Å². The monoisotopic (exact) mass is 197 g/mol. The molecule has 0 amide bonds. The summed E-state index contributed by atoms with van der Waals surface area (Å²) in [4.78, 5) is 10.4. The maximum atomic E-state index is 10.4. The highest BCUT2D eigenvalue weighted by Crippen LogP contribution is 2.28. The Labute approximate surface area is 80.4 Å². The van der Waals surface area contributed by atoms with E-state index in [9.17, 15) is 9.90 Å². The minimum Gasteiger partial charge on any atom is -0.504 e. The van der Waals surface area contributed by atoms with Gasteiger partial charge in [-0.05, 0) is 11.6 Å². The van der Waals surface area contributed by atoms with Gasteiger partial charge in [0.1, 0.15) is 6.04 Å². The fourth-order valence-corrected chi connectivity index (χ4v) is 1.07. The first kappa shape index (κ1) is 10.3. The van der Waals surface area contributed by atoms with Crippen molar-refractivity contribution in [3.63, 3.8) is 0 Å². The zero-order chi connectivity index (χ0) is 10.7. The second-order valence-electron chi connectivity index (χ2n) is 2.93. The Kier molecular flexibility index (Phi) is 2.93. The van der Waals surface area contributed by atoms with Crippen molar-refractivity contribution < 1.29 is 20.1 Å². The molecule has 76 valence electrons. The van der Waals surface area contributed by atoms with Gasteiger partial charge in [-0.3, -0.25) is 4.79 Å². The number of aromatic hydroxyl groups is 2. The van der Waals surface area contributed by atoms with E-state index in [0.717, 1.165) is 0 Å². The molecule has 0 saturated carbocycles. The Morgan fingerprint density at radius 2 is 2.07 bits per heavy atom. The van der Waals surface area contributed by atoms with Crippen LogP contribution in [0.15, 0.2) is 18.2 Å². The molecule has 1 aromatic rings. The minimum atomic E-state index is -1.15. The molecule has 0 aliphatic carbocycles. The molecule has 1 atom stereocenters. The van der Waals surface area contributed by atoms with Gasteiger partial charge < -0.3 is 21.1 Å². The molecule has 0 bridgehead atoms. The van der Waals surface area contributed by atoms with E-state index in [1.165, 1.54) is 18.2 Å². The fourth-order valence-electron chi connectivity index (χ4n) is 1.07. The van der Waals surface area contributed by atoms with Crippen molar-refractivity contribution >= 4 is 5.97 Å². The molecule has 0 aliphatic heterocycles. The third kappa shape index (κ3) is 2.14. The highest BCUT2D eigenvalue weighted by Gasteiger charge is 2.15. The Hall–Kier alpha value is -1.75. The molecule has 5 nitrogen and oxygen atoms in total. The van der Waals surface area contributed by atoms with Gasteiger partial charge >= 0.3 is 5.97 Å². The van der Waals surface area contributed by atoms with Gasteiger partial charge in [0.05, 0.1) is 0 Å². The first-order valence-electron chi connectivity index (χ1n) is 4.00. The lowest BCUT2D eigenvalue weighted by atomic mass is 10.1. The van der Waals surface area contributed by atoms with E-state index in [1.807, 2.05) is 0 Å². The highest BCUT2D eigenvalue weighted by atomic mass is 16.4. The summed E-state index contributed by atoms with van der Waals surface area (Å²) in [6, 6.07) is 3.25. The van der Waals surface area contributed by atoms with Crippen molar-refractivity contribution in [2.24, 2.45) is 5.73 Å². The van der Waals surface area contributed by atoms with E-state index >= 15 is 0 Å². The summed E-state index contributed by atoms with van der Waals surface area (Å²) in [5.41, 5.74) is 5.59. The van der Waals surface area contributed by atoms with Crippen molar-refractivity contribution in [1.82, 2.24) is 0 Å². The summed E-state index contributed by atoms with van der Waals surface area (Å²) in [5, 5.41) is 27.0. The molecule has 5 heteroatoms. The zero-order valence-electron chi connectivity index (χ0n) is 7.34. The number of hydrogen-bond donors (Lipinski definition) is 4. The number of rotatable bonds is 3. The molecule has 5 N–H and O–H groups in total. The molecule has 1 unspecified atom stereocenters. The number of hydrogen-bond acceptors (Lipinski definition) is 4. The van der Waals surface area contributed by atoms with Gasteiger partial charge in [0, 0.05) is 6.42 Å². The molecule has 0 aliphatic rings. The summed E-state index contributed by atoms with van der Waals surface area (Å²) < 4.78 is 0. The van der Waals surface area contributed by atoms with Crippen LogP contribution in [0.1, 0.15) is 5.56 Å². The lowest BCUT2D eigenvalue weighted by molar-refractivity contribution is -0.138. The fraction of sp³-hybridized carbons (Fsp3) is 0.222. The normalized spacial score (nSPS) is 12.4. The van der Waals surface area contributed by atoms with E-state index in [1.54, 1.807) is 0 Å². The Bertz CT molecular complexity index is 351. The summed E-state index contributed by atoms with van der Waals surface area (Å²) in [6.45, 7) is 0. The number of carboxylic acids is 1. The highest BCUT2D eigenvalue weighted by molar-refractivity contribution is 5.73. The first-order valence-corrected chi connectivity index (χ1v) is 4.00. The van der Waals surface area contributed by atoms with Crippen molar-refractivity contribution in [1.29, 1.82) is 0 Å². The molecule has 0 saturated heterocycles. The van der Waals surface area contributed by atoms with Crippen LogP contribution in [-0.4, -0.2) is 27.3 Å². The predicted octanol–water partition coefficient (Wildman–Crippen LogP) is 0.0522. The second-order valence-corrected chi connectivity index (χ2v) is 2.93. The molecule has 0 fully saturated rings. The van der Waals surface area contributed by atoms with Crippen molar-refractivity contribution in [2.45, 2.75) is 12.5 Å². The summed E-state index contributed by atoms with van der Waals surface area (Å²) in [7, 11) is 0. The summed E-state index contributed by atoms with van der Waals surface area (Å²) in [5.74, 6) is -1.74. The number of benzene rings is 1. The van der Waals surface area contributed by atoms with Crippen LogP contribution in [0.5, 0.6) is 11.5 Å². The molecule has 0 heterocycles. The average Bonchev–Trinajstić information content (AvgIpc) is 2.12. The Balaban J connectivity index is 2.87. The van der Waals surface area contributed by atoms with Crippen LogP contribution in [0.3, 0.4) is 0 Å². The number of para-hydroxylation sites is 1. The molecule has 0 radical (unpaired) electrons. The molecule has 1 rings (SSSR count). The maximum absolute atomic E-state index is 10.4. The van der Waals surface area contributed by atoms with Gasteiger partial charge in [0.25, 0.3) is 0 Å². The van der Waals surface area contributed by atoms with Gasteiger partial charge in [-0.25, -0.2) is 0 Å². The first-order chi connectivity index (χ1) is 6.52. The molecular formula is C9H11NO4. The predicted molar refractivity (Wildman–Crippen MR) is 49.1 cm³/mol. The summed E-state index contributed by atoms with van der Waals surface area (Å²) >= 11 is 0. The lowest BCUT2D eigenvalue weighted by Crippen LogP contribution is -2.32. The van der Waals surface area contributed by atoms with Crippen molar-refractivity contribution in [3.8, 4) is 11.5 Å². The third-order valence-corrected chi connectivity index (χ3v) is 1.86. The number of carboxylic acid groups (broad SMARTS) is 1. The number of aliphatic carboxylic acids is 1. The standard InChI is InChI=1S/C9H11NO4/c10-6(9(13)14)4-5-2-1-3-7(11)8(5)12/h1-3,6,11-12H,4,10H2,(H,13,14). The molecule has 1 aromatic carbocycles. The van der Waals surface area contributed by atoms with E-state index in [0.29, 0.717) is 5.56 Å². The van der Waals surface area contributed by atoms with Gasteiger partial charge in [-0.15, -0.1) is 0 Å². The Morgan fingerprint density at radius 3 is 2.64 bits per heavy atom. The molecule has 0 aromatic heterocycles. The smallest absolute Gasteiger partial charge is 0.320 e. The lowest BCUT2D eigenvalue weighted by Gasteiger charge is -2.08. The third-order valence-electron chi connectivity index (χ3n) is 1.86. The summed E-state index contributed by atoms with van der Waals surface area (Å²) in [6.07, 6.45) is -0.0183. The van der Waals surface area contributed by atoms with Crippen LogP contribution in [0, 0.1) is 0 Å². The van der Waals surface area contributed by atoms with Crippen LogP contribution in [0.2, 0.25) is 0 Å². The van der Waals surface area contributed by atoms with Crippen LogP contribution in [-0.2, 0) is 11.2 Å². The number of nitrogens with two attached hydrogens (primary N) is 1. The quantitative estimate of drug-likeness (QED) is 0.513. The van der Waals surface area contributed by atoms with Gasteiger partial charge in [0.15, 0.2) is 11.5 Å². The molecule has 14 heavy (non-hydrogen) atoms. The molecular weight excluding hydrogens is 186 g/mol. The molecule has 0 spiro atoms. The van der Waals surface area contributed by atoms with Crippen LogP contribution in [0.4, 0.5) is 0 Å². The van der Waals surface area contributed by atoms with E-state index < -0.39 is 12.0 Å². The maximum Gasteiger partial charge on any atom is 0.320 e. The SMILES string of the molecule is NC(Cc1cccc(O)c1O)C(=O)O. The van der Waals surface area contributed by atoms with Crippen molar-refractivity contribution in [2.75, 3.05) is 0 Å². The minimum absolute atomic E-state index is 0.0183. The number of phenolic OH excluding ortho intramolecular Hbond substituents is 2. The van der Waals surface area contributed by atoms with E-state index in [-0.39, 0.29) is 17.9 Å². The van der Waals surface area contributed by atoms with Crippen LogP contribution < -0.4 is 5.73 Å². The van der Waals surface area contributed by atoms with Crippen LogP contribution in [0.25, 0.3) is 0 Å². The number of phenols is 2. The average molecular weight is 197 g/mol. The second kappa shape index (κ2) is 3.97. The van der Waals surface area contributed by atoms with Gasteiger partial charge in [-0.1, -0.05) is 12.1 Å². The van der Waals surface area contributed by atoms with Crippen molar-refractivity contribution in [3.05, 3.63) is 23.8 Å². The van der Waals surface area contributed by atoms with E-state index in [4.69, 9.17) is 15.9 Å². The topological polar surface area (TPSA) is 104 Å². The largest absolute Gasteiger partial charge is 0.504 e. The van der Waals surface area contributed by atoms with Gasteiger partial charge in [-0.2, -0.15) is 0 Å². The van der Waals surface area contributed by atoms with E-state index in [2.05, 4.69) is 0 Å².